The Labute approximate surface area is 157 Å². The minimum atomic E-state index is -0.653. The summed E-state index contributed by atoms with van der Waals surface area (Å²) in [4.78, 5) is 17.1. The number of ether oxygens (including phenoxy) is 1. The quantitative estimate of drug-likeness (QED) is 0.837. The summed E-state index contributed by atoms with van der Waals surface area (Å²) in [6.45, 7) is 2.61. The van der Waals surface area contributed by atoms with Crippen LogP contribution in [-0.4, -0.2) is 29.2 Å². The molecule has 2 aromatic rings. The van der Waals surface area contributed by atoms with E-state index in [4.69, 9.17) is 14.8 Å². The van der Waals surface area contributed by atoms with Crippen LogP contribution in [0, 0.1) is 11.8 Å². The Kier molecular flexibility index (Phi) is 5.22. The molecule has 4 rings (SSSR count). The van der Waals surface area contributed by atoms with Gasteiger partial charge in [0.2, 0.25) is 0 Å². The molecule has 1 aromatic carbocycles. The molecule has 138 valence electrons. The molecule has 1 saturated carbocycles. The van der Waals surface area contributed by atoms with Crippen LogP contribution in [0.4, 0.5) is 0 Å². The van der Waals surface area contributed by atoms with E-state index in [0.29, 0.717) is 12.5 Å². The van der Waals surface area contributed by atoms with Gasteiger partial charge in [0, 0.05) is 30.0 Å². The lowest BCUT2D eigenvalue weighted by Gasteiger charge is -2.25. The zero-order chi connectivity index (χ0) is 17.9. The summed E-state index contributed by atoms with van der Waals surface area (Å²) in [6, 6.07) is 8.18. The molecule has 2 N–H and O–H groups in total. The van der Waals surface area contributed by atoms with Gasteiger partial charge in [-0.15, -0.1) is 11.3 Å². The summed E-state index contributed by atoms with van der Waals surface area (Å²) in [5, 5.41) is 13.5. The molecule has 2 heterocycles. The van der Waals surface area contributed by atoms with Gasteiger partial charge < -0.3 is 15.2 Å². The second kappa shape index (κ2) is 7.76. The fourth-order valence-electron chi connectivity index (χ4n) is 3.73. The molecule has 0 saturated heterocycles. The van der Waals surface area contributed by atoms with E-state index in [2.05, 4.69) is 17.4 Å². The largest absolute Gasteiger partial charge is 0.493 e. The highest BCUT2D eigenvalue weighted by atomic mass is 32.1. The summed E-state index contributed by atoms with van der Waals surface area (Å²) < 4.78 is 5.94. The first-order valence-electron chi connectivity index (χ1n) is 9.34. The number of fused-ring (bicyclic) bond motifs is 1. The predicted octanol–water partition coefficient (Wildman–Crippen LogP) is 3.73. The van der Waals surface area contributed by atoms with Crippen molar-refractivity contribution < 1.29 is 14.6 Å². The molecule has 2 aliphatic rings. The van der Waals surface area contributed by atoms with Crippen molar-refractivity contribution in [1.29, 1.82) is 0 Å². The smallest absolute Gasteiger partial charge is 0.306 e. The maximum atomic E-state index is 11.0. The van der Waals surface area contributed by atoms with Gasteiger partial charge in [0.1, 0.15) is 10.8 Å². The van der Waals surface area contributed by atoms with Crippen molar-refractivity contribution in [3.05, 3.63) is 34.8 Å². The first kappa shape index (κ1) is 17.5. The second-order valence-electron chi connectivity index (χ2n) is 7.21. The Hall–Kier alpha value is -1.92. The van der Waals surface area contributed by atoms with Crippen LogP contribution in [0.25, 0.3) is 10.6 Å². The fourth-order valence-corrected chi connectivity index (χ4v) is 4.82. The van der Waals surface area contributed by atoms with Crippen LogP contribution in [0.2, 0.25) is 0 Å². The lowest BCUT2D eigenvalue weighted by atomic mass is 9.82. The Morgan fingerprint density at radius 2 is 2.00 bits per heavy atom. The number of carboxylic acids is 1. The summed E-state index contributed by atoms with van der Waals surface area (Å²) in [5.41, 5.74) is 2.37. The van der Waals surface area contributed by atoms with Crippen molar-refractivity contribution in [3.63, 3.8) is 0 Å². The van der Waals surface area contributed by atoms with Crippen molar-refractivity contribution >= 4 is 17.3 Å². The highest BCUT2D eigenvalue weighted by Crippen LogP contribution is 2.32. The zero-order valence-electron chi connectivity index (χ0n) is 14.7. The minimum absolute atomic E-state index is 0.162. The number of hydrogen-bond donors (Lipinski definition) is 2. The number of nitrogens with zero attached hydrogens (tertiary/aromatic N) is 1. The average molecular weight is 372 g/mol. The van der Waals surface area contributed by atoms with Crippen molar-refractivity contribution in [1.82, 2.24) is 10.3 Å². The molecule has 0 amide bonds. The lowest BCUT2D eigenvalue weighted by Crippen LogP contribution is -2.24. The molecule has 6 heteroatoms. The van der Waals surface area contributed by atoms with Crippen molar-refractivity contribution in [3.8, 4) is 16.3 Å². The number of nitrogens with one attached hydrogen (secondary N) is 1. The van der Waals surface area contributed by atoms with Crippen molar-refractivity contribution in [2.75, 3.05) is 13.2 Å². The van der Waals surface area contributed by atoms with Crippen LogP contribution in [0.3, 0.4) is 0 Å². The third-order valence-electron chi connectivity index (χ3n) is 5.39. The van der Waals surface area contributed by atoms with Crippen LogP contribution >= 0.6 is 11.3 Å². The third kappa shape index (κ3) is 3.91. The normalized spacial score (nSPS) is 22.6. The summed E-state index contributed by atoms with van der Waals surface area (Å²) in [5.74, 6) is 0.519. The van der Waals surface area contributed by atoms with Gasteiger partial charge in [-0.05, 0) is 55.9 Å². The first-order valence-corrected chi connectivity index (χ1v) is 10.2. The van der Waals surface area contributed by atoms with E-state index in [1.807, 2.05) is 12.1 Å². The Morgan fingerprint density at radius 1 is 1.23 bits per heavy atom. The molecule has 0 atom stereocenters. The molecule has 5 nitrogen and oxygen atoms in total. The van der Waals surface area contributed by atoms with Crippen molar-refractivity contribution in [2.45, 2.75) is 38.6 Å². The van der Waals surface area contributed by atoms with Crippen molar-refractivity contribution in [2.24, 2.45) is 11.8 Å². The molecular weight excluding hydrogens is 348 g/mol. The molecule has 0 bridgehead atoms. The molecule has 1 aliphatic heterocycles. The molecule has 1 aromatic heterocycles. The Bertz CT molecular complexity index is 740. The van der Waals surface area contributed by atoms with Gasteiger partial charge in [0.25, 0.3) is 0 Å². The third-order valence-corrected chi connectivity index (χ3v) is 6.53. The van der Waals surface area contributed by atoms with Crippen LogP contribution in [0.15, 0.2) is 24.3 Å². The Morgan fingerprint density at radius 3 is 2.69 bits per heavy atom. The van der Waals surface area contributed by atoms with Crippen LogP contribution < -0.4 is 10.1 Å². The van der Waals surface area contributed by atoms with Crippen LogP contribution in [0.1, 0.15) is 36.3 Å². The Balaban J connectivity index is 1.32. The molecule has 0 spiro atoms. The standard InChI is InChI=1S/C20H24N2O3S/c23-20(24)15-3-1-13(2-4-15)12-25-16-7-5-14(6-8-16)19-22-17-9-10-21-11-18(17)26-19/h5-8,13,15,21H,1-4,9-12H2,(H,23,24)/t13-,15-. The number of benzene rings is 1. The minimum Gasteiger partial charge on any atom is -0.493 e. The number of carbonyl (C=O) groups is 1. The number of aliphatic carboxylic acids is 1. The van der Waals surface area contributed by atoms with E-state index >= 15 is 0 Å². The number of rotatable bonds is 5. The highest BCUT2D eigenvalue weighted by Gasteiger charge is 2.26. The molecule has 1 aliphatic carbocycles. The van der Waals surface area contributed by atoms with Gasteiger partial charge in [-0.25, -0.2) is 4.98 Å². The van der Waals surface area contributed by atoms with Gasteiger partial charge in [0.05, 0.1) is 18.2 Å². The first-order chi connectivity index (χ1) is 12.7. The molecule has 1 fully saturated rings. The zero-order valence-corrected chi connectivity index (χ0v) is 15.6. The highest BCUT2D eigenvalue weighted by molar-refractivity contribution is 7.15. The number of aromatic nitrogens is 1. The SMILES string of the molecule is O=C(O)[C@H]1CC[C@H](COc2ccc(-c3nc4c(s3)CNCC4)cc2)CC1. The maximum absolute atomic E-state index is 11.0. The molecule has 0 radical (unpaired) electrons. The molecule has 0 unspecified atom stereocenters. The predicted molar refractivity (Wildman–Crippen MR) is 102 cm³/mol. The van der Waals surface area contributed by atoms with Crippen LogP contribution in [-0.2, 0) is 17.8 Å². The van der Waals surface area contributed by atoms with E-state index in [0.717, 1.165) is 61.5 Å². The van der Waals surface area contributed by atoms with E-state index < -0.39 is 5.97 Å². The van der Waals surface area contributed by atoms with E-state index in [1.54, 1.807) is 11.3 Å². The monoisotopic (exact) mass is 372 g/mol. The van der Waals surface area contributed by atoms with Gasteiger partial charge in [0.15, 0.2) is 0 Å². The van der Waals surface area contributed by atoms with Gasteiger partial charge >= 0.3 is 5.97 Å². The fraction of sp³-hybridized carbons (Fsp3) is 0.500. The average Bonchev–Trinajstić information content (AvgIpc) is 3.11. The van der Waals surface area contributed by atoms with E-state index in [1.165, 1.54) is 10.6 Å². The van der Waals surface area contributed by atoms with Crippen LogP contribution in [0.5, 0.6) is 5.75 Å². The topological polar surface area (TPSA) is 71.5 Å². The lowest BCUT2D eigenvalue weighted by molar-refractivity contribution is -0.143. The number of hydrogen-bond acceptors (Lipinski definition) is 5. The second-order valence-corrected chi connectivity index (χ2v) is 8.29. The van der Waals surface area contributed by atoms with E-state index in [-0.39, 0.29) is 5.92 Å². The molecule has 26 heavy (non-hydrogen) atoms. The summed E-state index contributed by atoms with van der Waals surface area (Å²) in [7, 11) is 0. The number of carboxylic acid groups (broad SMARTS) is 1. The maximum Gasteiger partial charge on any atom is 0.306 e. The molecular formula is C20H24N2O3S. The summed E-state index contributed by atoms with van der Waals surface area (Å²) in [6.07, 6.45) is 4.43. The number of thiazole rings is 1. The summed E-state index contributed by atoms with van der Waals surface area (Å²) >= 11 is 1.77. The van der Waals surface area contributed by atoms with E-state index in [9.17, 15) is 4.79 Å². The van der Waals surface area contributed by atoms with Gasteiger partial charge in [-0.3, -0.25) is 4.79 Å². The van der Waals surface area contributed by atoms with Gasteiger partial charge in [-0.1, -0.05) is 0 Å². The van der Waals surface area contributed by atoms with Gasteiger partial charge in [-0.2, -0.15) is 0 Å².